The van der Waals surface area contributed by atoms with E-state index in [4.69, 9.17) is 4.74 Å². The molecule has 0 saturated carbocycles. The quantitative estimate of drug-likeness (QED) is 0.816. The molecule has 0 aliphatic carbocycles. The fourth-order valence-corrected chi connectivity index (χ4v) is 2.04. The summed E-state index contributed by atoms with van der Waals surface area (Å²) >= 11 is 0. The summed E-state index contributed by atoms with van der Waals surface area (Å²) in [5.74, 6) is -0.467. The minimum atomic E-state index is -0.467. The molecule has 116 valence electrons. The van der Waals surface area contributed by atoms with Crippen molar-refractivity contribution in [3.63, 3.8) is 0 Å². The third kappa shape index (κ3) is 3.79. The number of nitrogens with one attached hydrogen (secondary N) is 1. The standard InChI is InChI=1S/C16H19N3O3/c1-12-11-14(20)15(16(21)17-9-6-10-22-2)18-19(12)13-7-4-3-5-8-13/h3-5,7-8,11H,6,9-10H2,1-2H3,(H,17,21). The van der Waals surface area contributed by atoms with Gasteiger partial charge in [-0.2, -0.15) is 5.10 Å². The lowest BCUT2D eigenvalue weighted by Crippen LogP contribution is -2.32. The van der Waals surface area contributed by atoms with Crippen LogP contribution in [0.5, 0.6) is 0 Å². The van der Waals surface area contributed by atoms with Crippen molar-refractivity contribution in [2.75, 3.05) is 20.3 Å². The molecular formula is C16H19N3O3. The molecule has 0 fully saturated rings. The number of hydrogen-bond donors (Lipinski definition) is 1. The van der Waals surface area contributed by atoms with Crippen molar-refractivity contribution < 1.29 is 9.53 Å². The molecule has 6 heteroatoms. The van der Waals surface area contributed by atoms with Gasteiger partial charge in [-0.05, 0) is 25.5 Å². The van der Waals surface area contributed by atoms with Gasteiger partial charge in [-0.1, -0.05) is 18.2 Å². The van der Waals surface area contributed by atoms with Gasteiger partial charge < -0.3 is 10.1 Å². The molecule has 1 amide bonds. The van der Waals surface area contributed by atoms with Gasteiger partial charge in [0.2, 0.25) is 5.43 Å². The summed E-state index contributed by atoms with van der Waals surface area (Å²) in [5, 5.41) is 6.88. The maximum Gasteiger partial charge on any atom is 0.275 e. The number of aryl methyl sites for hydroxylation is 1. The maximum absolute atomic E-state index is 12.1. The first-order chi connectivity index (χ1) is 10.6. The number of carbonyl (C=O) groups is 1. The van der Waals surface area contributed by atoms with E-state index in [1.54, 1.807) is 18.7 Å². The predicted octanol–water partition coefficient (Wildman–Crippen LogP) is 1.31. The summed E-state index contributed by atoms with van der Waals surface area (Å²) < 4.78 is 6.50. The fraction of sp³-hybridized carbons (Fsp3) is 0.312. The van der Waals surface area contributed by atoms with Gasteiger partial charge in [0.25, 0.3) is 5.91 Å². The number of methoxy groups -OCH3 is 1. The largest absolute Gasteiger partial charge is 0.385 e. The molecule has 1 heterocycles. The number of para-hydroxylation sites is 1. The lowest BCUT2D eigenvalue weighted by atomic mass is 10.2. The zero-order chi connectivity index (χ0) is 15.9. The van der Waals surface area contributed by atoms with Crippen LogP contribution >= 0.6 is 0 Å². The molecule has 0 bridgehead atoms. The van der Waals surface area contributed by atoms with Crippen LogP contribution in [-0.4, -0.2) is 35.9 Å². The highest BCUT2D eigenvalue weighted by Crippen LogP contribution is 2.07. The summed E-state index contributed by atoms with van der Waals surface area (Å²) in [6.07, 6.45) is 0.682. The Hall–Kier alpha value is -2.47. The normalized spacial score (nSPS) is 10.5. The Labute approximate surface area is 128 Å². The Bertz CT molecular complexity index is 696. The van der Waals surface area contributed by atoms with E-state index in [9.17, 15) is 9.59 Å². The van der Waals surface area contributed by atoms with Crippen molar-refractivity contribution in [1.82, 2.24) is 15.1 Å². The van der Waals surface area contributed by atoms with E-state index < -0.39 is 5.91 Å². The number of nitrogens with zero attached hydrogens (tertiary/aromatic N) is 2. The van der Waals surface area contributed by atoms with E-state index in [2.05, 4.69) is 10.4 Å². The van der Waals surface area contributed by atoms with Crippen molar-refractivity contribution in [3.05, 3.63) is 58.0 Å². The SMILES string of the molecule is COCCCNC(=O)c1nn(-c2ccccc2)c(C)cc1=O. The van der Waals surface area contributed by atoms with Gasteiger partial charge in [-0.25, -0.2) is 4.68 Å². The second-order valence-corrected chi connectivity index (χ2v) is 4.85. The van der Waals surface area contributed by atoms with Gasteiger partial charge in [-0.15, -0.1) is 0 Å². The minimum absolute atomic E-state index is 0.105. The monoisotopic (exact) mass is 301 g/mol. The lowest BCUT2D eigenvalue weighted by molar-refractivity contribution is 0.0940. The first-order valence-corrected chi connectivity index (χ1v) is 7.07. The number of amides is 1. The highest BCUT2D eigenvalue weighted by Gasteiger charge is 2.14. The molecule has 1 aromatic carbocycles. The lowest BCUT2D eigenvalue weighted by Gasteiger charge is -2.11. The van der Waals surface area contributed by atoms with Gasteiger partial charge in [0.1, 0.15) is 0 Å². The third-order valence-electron chi connectivity index (χ3n) is 3.13. The van der Waals surface area contributed by atoms with E-state index in [1.165, 1.54) is 6.07 Å². The van der Waals surface area contributed by atoms with Crippen LogP contribution in [0.2, 0.25) is 0 Å². The number of rotatable bonds is 6. The third-order valence-corrected chi connectivity index (χ3v) is 3.13. The van der Waals surface area contributed by atoms with Crippen molar-refractivity contribution in [2.24, 2.45) is 0 Å². The van der Waals surface area contributed by atoms with Crippen LogP contribution in [0.1, 0.15) is 22.6 Å². The van der Waals surface area contributed by atoms with Crippen molar-refractivity contribution >= 4 is 5.91 Å². The van der Waals surface area contributed by atoms with E-state index in [0.717, 1.165) is 5.69 Å². The molecule has 0 unspecified atom stereocenters. The molecule has 22 heavy (non-hydrogen) atoms. The van der Waals surface area contributed by atoms with E-state index in [0.29, 0.717) is 25.3 Å². The van der Waals surface area contributed by atoms with Gasteiger partial charge in [0.05, 0.1) is 5.69 Å². The molecule has 0 saturated heterocycles. The van der Waals surface area contributed by atoms with Crippen molar-refractivity contribution in [3.8, 4) is 5.69 Å². The van der Waals surface area contributed by atoms with Crippen LogP contribution in [-0.2, 0) is 4.74 Å². The Morgan fingerprint density at radius 1 is 1.32 bits per heavy atom. The molecule has 2 rings (SSSR count). The Kier molecular flexibility index (Phi) is 5.43. The fourth-order valence-electron chi connectivity index (χ4n) is 2.04. The Morgan fingerprint density at radius 3 is 2.73 bits per heavy atom. The van der Waals surface area contributed by atoms with Crippen molar-refractivity contribution in [2.45, 2.75) is 13.3 Å². The zero-order valence-electron chi connectivity index (χ0n) is 12.7. The highest BCUT2D eigenvalue weighted by molar-refractivity contribution is 5.92. The summed E-state index contributed by atoms with van der Waals surface area (Å²) in [6.45, 7) is 2.77. The topological polar surface area (TPSA) is 73.2 Å². The van der Waals surface area contributed by atoms with Crippen LogP contribution < -0.4 is 10.7 Å². The molecule has 0 radical (unpaired) electrons. The van der Waals surface area contributed by atoms with Crippen LogP contribution in [0.4, 0.5) is 0 Å². The zero-order valence-corrected chi connectivity index (χ0v) is 12.7. The van der Waals surface area contributed by atoms with E-state index in [-0.39, 0.29) is 11.1 Å². The van der Waals surface area contributed by atoms with Crippen LogP contribution in [0.3, 0.4) is 0 Å². The molecule has 0 spiro atoms. The summed E-state index contributed by atoms with van der Waals surface area (Å²) in [5.41, 5.74) is 0.987. The van der Waals surface area contributed by atoms with Crippen LogP contribution in [0.25, 0.3) is 5.69 Å². The minimum Gasteiger partial charge on any atom is -0.385 e. The van der Waals surface area contributed by atoms with Gasteiger partial charge in [0.15, 0.2) is 5.69 Å². The van der Waals surface area contributed by atoms with Crippen LogP contribution in [0.15, 0.2) is 41.2 Å². The highest BCUT2D eigenvalue weighted by atomic mass is 16.5. The Morgan fingerprint density at radius 2 is 2.05 bits per heavy atom. The number of carbonyl (C=O) groups excluding carboxylic acids is 1. The molecule has 1 aromatic heterocycles. The first-order valence-electron chi connectivity index (χ1n) is 7.07. The number of hydrogen-bond acceptors (Lipinski definition) is 4. The van der Waals surface area contributed by atoms with Gasteiger partial charge >= 0.3 is 0 Å². The summed E-state index contributed by atoms with van der Waals surface area (Å²) in [4.78, 5) is 24.1. The van der Waals surface area contributed by atoms with Gasteiger partial charge in [0, 0.05) is 32.0 Å². The number of aromatic nitrogens is 2. The molecule has 6 nitrogen and oxygen atoms in total. The molecule has 0 aliphatic heterocycles. The summed E-state index contributed by atoms with van der Waals surface area (Å²) in [7, 11) is 1.60. The molecule has 0 aliphatic rings. The molecule has 0 atom stereocenters. The second-order valence-electron chi connectivity index (χ2n) is 4.85. The first kappa shape index (κ1) is 15.9. The molecule has 1 N–H and O–H groups in total. The van der Waals surface area contributed by atoms with Crippen molar-refractivity contribution in [1.29, 1.82) is 0 Å². The second kappa shape index (κ2) is 7.51. The number of benzene rings is 1. The molecule has 2 aromatic rings. The average Bonchev–Trinajstić information content (AvgIpc) is 2.52. The number of ether oxygens (including phenoxy) is 1. The average molecular weight is 301 g/mol. The van der Waals surface area contributed by atoms with Gasteiger partial charge in [-0.3, -0.25) is 9.59 Å². The smallest absolute Gasteiger partial charge is 0.275 e. The van der Waals surface area contributed by atoms with E-state index in [1.807, 2.05) is 30.3 Å². The summed E-state index contributed by atoms with van der Waals surface area (Å²) in [6, 6.07) is 10.8. The maximum atomic E-state index is 12.1. The predicted molar refractivity (Wildman–Crippen MR) is 83.4 cm³/mol. The van der Waals surface area contributed by atoms with Crippen LogP contribution in [0, 0.1) is 6.92 Å². The van der Waals surface area contributed by atoms with E-state index >= 15 is 0 Å². The molecular weight excluding hydrogens is 282 g/mol. The Balaban J connectivity index is 2.25.